The maximum atomic E-state index is 12.5. The van der Waals surface area contributed by atoms with E-state index in [1.165, 1.54) is 0 Å². The van der Waals surface area contributed by atoms with Crippen molar-refractivity contribution in [3.63, 3.8) is 0 Å². The van der Waals surface area contributed by atoms with Gasteiger partial charge >= 0.3 is 0 Å². The molecule has 0 unspecified atom stereocenters. The van der Waals surface area contributed by atoms with Gasteiger partial charge in [0.15, 0.2) is 0 Å². The Labute approximate surface area is 153 Å². The molecule has 0 atom stereocenters. The standard InChI is InChI=1S/C18H15BrN4O2/c19-15-9-14(10-20-11-15)17-21-16(22-25-17)12-4-3-5-13(8-12)18(24)23-6-1-2-7-23/h3-5,8-11H,1-2,6-7H2. The monoisotopic (exact) mass is 398 g/mol. The van der Waals surface area contributed by atoms with Gasteiger partial charge in [-0.25, -0.2) is 0 Å². The van der Waals surface area contributed by atoms with Gasteiger partial charge in [-0.05, 0) is 47.0 Å². The smallest absolute Gasteiger partial charge is 0.259 e. The van der Waals surface area contributed by atoms with Gasteiger partial charge < -0.3 is 9.42 Å². The molecule has 0 aliphatic carbocycles. The van der Waals surface area contributed by atoms with Crippen molar-refractivity contribution >= 4 is 21.8 Å². The van der Waals surface area contributed by atoms with Crippen LogP contribution in [-0.2, 0) is 0 Å². The summed E-state index contributed by atoms with van der Waals surface area (Å²) in [5, 5.41) is 4.04. The lowest BCUT2D eigenvalue weighted by Crippen LogP contribution is -2.27. The number of pyridine rings is 1. The van der Waals surface area contributed by atoms with E-state index in [4.69, 9.17) is 4.52 Å². The van der Waals surface area contributed by atoms with Gasteiger partial charge in [0, 0.05) is 41.1 Å². The fourth-order valence-electron chi connectivity index (χ4n) is 2.88. The number of nitrogens with zero attached hydrogens (tertiary/aromatic N) is 4. The molecule has 126 valence electrons. The normalized spacial score (nSPS) is 14.0. The SMILES string of the molecule is O=C(c1cccc(-c2noc(-c3cncc(Br)c3)n2)c1)N1CCCC1. The second-order valence-corrected chi connectivity index (χ2v) is 6.81. The molecule has 25 heavy (non-hydrogen) atoms. The number of hydrogen-bond acceptors (Lipinski definition) is 5. The highest BCUT2D eigenvalue weighted by molar-refractivity contribution is 9.10. The average Bonchev–Trinajstić information content (AvgIpc) is 3.33. The van der Waals surface area contributed by atoms with Crippen molar-refractivity contribution in [1.82, 2.24) is 20.0 Å². The fourth-order valence-corrected chi connectivity index (χ4v) is 3.25. The summed E-state index contributed by atoms with van der Waals surface area (Å²) >= 11 is 3.37. The second-order valence-electron chi connectivity index (χ2n) is 5.90. The molecule has 1 aliphatic heterocycles. The maximum absolute atomic E-state index is 12.5. The molecule has 1 amide bonds. The Morgan fingerprint density at radius 1 is 1.12 bits per heavy atom. The molecular weight excluding hydrogens is 384 g/mol. The number of rotatable bonds is 3. The van der Waals surface area contributed by atoms with Gasteiger partial charge in [-0.2, -0.15) is 4.98 Å². The predicted molar refractivity (Wildman–Crippen MR) is 95.8 cm³/mol. The van der Waals surface area contributed by atoms with Gasteiger partial charge in [0.05, 0.1) is 5.56 Å². The molecule has 0 spiro atoms. The number of hydrogen-bond donors (Lipinski definition) is 0. The van der Waals surface area contributed by atoms with Crippen molar-refractivity contribution in [3.8, 4) is 22.8 Å². The number of benzene rings is 1. The minimum absolute atomic E-state index is 0.0549. The summed E-state index contributed by atoms with van der Waals surface area (Å²) in [6.45, 7) is 1.65. The summed E-state index contributed by atoms with van der Waals surface area (Å²) < 4.78 is 6.18. The van der Waals surface area contributed by atoms with Gasteiger partial charge in [0.25, 0.3) is 11.8 Å². The van der Waals surface area contributed by atoms with Crippen molar-refractivity contribution < 1.29 is 9.32 Å². The first-order valence-corrected chi connectivity index (χ1v) is 8.84. The van der Waals surface area contributed by atoms with Gasteiger partial charge in [-0.3, -0.25) is 9.78 Å². The van der Waals surface area contributed by atoms with Crippen LogP contribution in [-0.4, -0.2) is 39.0 Å². The molecule has 0 radical (unpaired) electrons. The van der Waals surface area contributed by atoms with Gasteiger partial charge in [0.1, 0.15) is 0 Å². The zero-order chi connectivity index (χ0) is 17.2. The van der Waals surface area contributed by atoms with E-state index < -0.39 is 0 Å². The lowest BCUT2D eigenvalue weighted by Gasteiger charge is -2.15. The van der Waals surface area contributed by atoms with Crippen LogP contribution >= 0.6 is 15.9 Å². The summed E-state index contributed by atoms with van der Waals surface area (Å²) in [6, 6.07) is 9.21. The average molecular weight is 399 g/mol. The second kappa shape index (κ2) is 6.76. The molecule has 3 aromatic rings. The van der Waals surface area contributed by atoms with Crippen molar-refractivity contribution in [2.24, 2.45) is 0 Å². The highest BCUT2D eigenvalue weighted by atomic mass is 79.9. The van der Waals surface area contributed by atoms with E-state index in [0.717, 1.165) is 41.5 Å². The van der Waals surface area contributed by atoms with E-state index in [2.05, 4.69) is 31.1 Å². The van der Waals surface area contributed by atoms with Gasteiger partial charge in [0.2, 0.25) is 5.82 Å². The molecule has 0 bridgehead atoms. The van der Waals surface area contributed by atoms with E-state index in [1.54, 1.807) is 12.4 Å². The zero-order valence-electron chi connectivity index (χ0n) is 13.4. The van der Waals surface area contributed by atoms with Gasteiger partial charge in [-0.15, -0.1) is 0 Å². The van der Waals surface area contributed by atoms with E-state index in [1.807, 2.05) is 35.2 Å². The lowest BCUT2D eigenvalue weighted by atomic mass is 10.1. The van der Waals surface area contributed by atoms with Crippen LogP contribution in [0.2, 0.25) is 0 Å². The Balaban J connectivity index is 1.62. The van der Waals surface area contributed by atoms with Crippen LogP contribution in [0.1, 0.15) is 23.2 Å². The third-order valence-electron chi connectivity index (χ3n) is 4.14. The van der Waals surface area contributed by atoms with Crippen LogP contribution in [0.5, 0.6) is 0 Å². The number of aromatic nitrogens is 3. The number of halogens is 1. The molecule has 4 rings (SSSR count). The van der Waals surface area contributed by atoms with Crippen molar-refractivity contribution in [1.29, 1.82) is 0 Å². The summed E-state index contributed by atoms with van der Waals surface area (Å²) in [5.41, 5.74) is 2.13. The highest BCUT2D eigenvalue weighted by Crippen LogP contribution is 2.24. The Bertz CT molecular complexity index is 919. The van der Waals surface area contributed by atoms with Crippen LogP contribution in [0.25, 0.3) is 22.8 Å². The molecule has 1 aromatic carbocycles. The fraction of sp³-hybridized carbons (Fsp3) is 0.222. The quantitative estimate of drug-likeness (QED) is 0.670. The number of carbonyl (C=O) groups excluding carboxylic acids is 1. The zero-order valence-corrected chi connectivity index (χ0v) is 14.9. The van der Waals surface area contributed by atoms with E-state index in [9.17, 15) is 4.79 Å². The van der Waals surface area contributed by atoms with Crippen LogP contribution in [0.3, 0.4) is 0 Å². The maximum Gasteiger partial charge on any atom is 0.259 e. The lowest BCUT2D eigenvalue weighted by molar-refractivity contribution is 0.0793. The Kier molecular flexibility index (Phi) is 4.31. The van der Waals surface area contributed by atoms with E-state index in [-0.39, 0.29) is 5.91 Å². The largest absolute Gasteiger partial charge is 0.339 e. The van der Waals surface area contributed by atoms with Crippen LogP contribution in [0.15, 0.2) is 51.7 Å². The van der Waals surface area contributed by atoms with Crippen LogP contribution in [0, 0.1) is 0 Å². The molecule has 6 nitrogen and oxygen atoms in total. The molecule has 1 fully saturated rings. The number of likely N-dealkylation sites (tertiary alicyclic amines) is 1. The summed E-state index contributed by atoms with van der Waals surface area (Å²) in [7, 11) is 0. The van der Waals surface area contributed by atoms with Crippen molar-refractivity contribution in [2.75, 3.05) is 13.1 Å². The van der Waals surface area contributed by atoms with E-state index in [0.29, 0.717) is 17.3 Å². The minimum Gasteiger partial charge on any atom is -0.339 e. The van der Waals surface area contributed by atoms with Gasteiger partial charge in [-0.1, -0.05) is 17.3 Å². The first kappa shape index (κ1) is 16.0. The van der Waals surface area contributed by atoms with Crippen LogP contribution < -0.4 is 0 Å². The number of carbonyl (C=O) groups is 1. The summed E-state index contributed by atoms with van der Waals surface area (Å²) in [4.78, 5) is 23.0. The summed E-state index contributed by atoms with van der Waals surface area (Å²) in [5.74, 6) is 0.894. The Morgan fingerprint density at radius 3 is 2.76 bits per heavy atom. The van der Waals surface area contributed by atoms with Crippen molar-refractivity contribution in [2.45, 2.75) is 12.8 Å². The van der Waals surface area contributed by atoms with Crippen LogP contribution in [0.4, 0.5) is 0 Å². The molecule has 0 saturated carbocycles. The molecule has 0 N–H and O–H groups in total. The number of amides is 1. The first-order valence-electron chi connectivity index (χ1n) is 8.05. The molecular formula is C18H15BrN4O2. The minimum atomic E-state index is 0.0549. The highest BCUT2D eigenvalue weighted by Gasteiger charge is 2.20. The third kappa shape index (κ3) is 3.32. The first-order chi connectivity index (χ1) is 12.2. The predicted octanol–water partition coefficient (Wildman–Crippen LogP) is 3.80. The summed E-state index contributed by atoms with van der Waals surface area (Å²) in [6.07, 6.45) is 5.49. The Morgan fingerprint density at radius 2 is 1.96 bits per heavy atom. The molecule has 3 heterocycles. The third-order valence-corrected chi connectivity index (χ3v) is 4.57. The van der Waals surface area contributed by atoms with Crippen molar-refractivity contribution in [3.05, 3.63) is 52.8 Å². The molecule has 1 saturated heterocycles. The molecule has 1 aliphatic rings. The molecule has 7 heteroatoms. The molecule has 2 aromatic heterocycles. The topological polar surface area (TPSA) is 72.1 Å². The Hall–Kier alpha value is -2.54. The van der Waals surface area contributed by atoms with E-state index >= 15 is 0 Å².